The van der Waals surface area contributed by atoms with E-state index >= 15 is 0 Å². The molecule has 32 heavy (non-hydrogen) atoms. The van der Waals surface area contributed by atoms with Crippen molar-refractivity contribution in [1.82, 2.24) is 15.0 Å². The van der Waals surface area contributed by atoms with Gasteiger partial charge in [0.2, 0.25) is 27.0 Å². The molecule has 0 fully saturated rings. The van der Waals surface area contributed by atoms with Gasteiger partial charge in [0.25, 0.3) is 5.88 Å². The lowest BCUT2D eigenvalue weighted by molar-refractivity contribution is -0.198. The molecule has 2 aromatic heterocycles. The molecular formula is C19H19F3N4O4S2. The summed E-state index contributed by atoms with van der Waals surface area (Å²) in [5.74, 6) is -1.34. The van der Waals surface area contributed by atoms with E-state index in [1.54, 1.807) is 25.1 Å². The third-order valence-corrected chi connectivity index (χ3v) is 6.43. The van der Waals surface area contributed by atoms with Crippen LogP contribution in [-0.4, -0.2) is 46.1 Å². The minimum Gasteiger partial charge on any atom is -0.610 e. The summed E-state index contributed by atoms with van der Waals surface area (Å²) < 4.78 is 84.9. The Labute approximate surface area is 185 Å². The molecule has 0 radical (unpaired) electrons. The van der Waals surface area contributed by atoms with E-state index in [1.807, 2.05) is 0 Å². The van der Waals surface area contributed by atoms with Crippen LogP contribution in [0.25, 0.3) is 11.0 Å². The molecule has 3 rings (SSSR count). The smallest absolute Gasteiger partial charge is 0.429 e. The fraction of sp³-hybridized carbons (Fsp3) is 0.316. The van der Waals surface area contributed by atoms with Gasteiger partial charge in [0, 0.05) is 29.0 Å². The normalized spacial score (nSPS) is 14.2. The van der Waals surface area contributed by atoms with E-state index in [1.165, 1.54) is 18.4 Å². The number of rotatable bonds is 8. The zero-order chi connectivity index (χ0) is 23.5. The molecule has 0 aliphatic rings. The Morgan fingerprint density at radius 1 is 1.16 bits per heavy atom. The van der Waals surface area contributed by atoms with Crippen molar-refractivity contribution in [3.05, 3.63) is 48.2 Å². The van der Waals surface area contributed by atoms with Gasteiger partial charge >= 0.3 is 6.18 Å². The first kappa shape index (κ1) is 24.0. The summed E-state index contributed by atoms with van der Waals surface area (Å²) in [6.07, 6.45) is -4.86. The summed E-state index contributed by atoms with van der Waals surface area (Å²) in [6.45, 7) is 1.64. The van der Waals surface area contributed by atoms with Crippen LogP contribution in [0.4, 0.5) is 19.0 Å². The number of nitrogens with one attached hydrogen (secondary N) is 1. The molecule has 0 bridgehead atoms. The predicted octanol–water partition coefficient (Wildman–Crippen LogP) is 3.60. The predicted molar refractivity (Wildman–Crippen MR) is 113 cm³/mol. The van der Waals surface area contributed by atoms with Crippen LogP contribution in [0.2, 0.25) is 0 Å². The van der Waals surface area contributed by atoms with Crippen molar-refractivity contribution in [1.29, 1.82) is 0 Å². The highest BCUT2D eigenvalue weighted by Gasteiger charge is 2.44. The van der Waals surface area contributed by atoms with Gasteiger partial charge in [0.05, 0.1) is 16.8 Å². The van der Waals surface area contributed by atoms with Crippen molar-refractivity contribution in [2.45, 2.75) is 30.7 Å². The molecule has 1 aromatic carbocycles. The first-order valence-electron chi connectivity index (χ1n) is 9.30. The third kappa shape index (κ3) is 5.78. The fourth-order valence-corrected chi connectivity index (χ4v) is 4.28. The van der Waals surface area contributed by atoms with E-state index in [-0.39, 0.29) is 33.8 Å². The van der Waals surface area contributed by atoms with E-state index in [9.17, 15) is 26.1 Å². The molecule has 0 saturated heterocycles. The summed E-state index contributed by atoms with van der Waals surface area (Å²) >= 11 is -1.47. The molecule has 2 atom stereocenters. The van der Waals surface area contributed by atoms with Crippen LogP contribution in [0.1, 0.15) is 25.0 Å². The minimum atomic E-state index is -4.89. The van der Waals surface area contributed by atoms with Crippen molar-refractivity contribution >= 4 is 38.1 Å². The standard InChI is InChI=1S/C19H19F3N4O4S2/c1-3-10-32(28,29)26-17-18(25-14-7-5-4-6-13(14)24-17)30-16(19(20,21)22)12-8-9-15(23-11-12)31(2)27/h4-9,11,16H,3,10H2,1-2H3,(H,24,26). The number of halogens is 3. The number of sulfonamides is 1. The van der Waals surface area contributed by atoms with Crippen molar-refractivity contribution < 1.29 is 30.9 Å². The maximum absolute atomic E-state index is 13.9. The van der Waals surface area contributed by atoms with Gasteiger partial charge in [0.1, 0.15) is 6.26 Å². The van der Waals surface area contributed by atoms with Gasteiger partial charge in [-0.05, 0) is 24.6 Å². The number of fused-ring (bicyclic) bond motifs is 1. The van der Waals surface area contributed by atoms with Crippen LogP contribution in [-0.2, 0) is 21.2 Å². The molecule has 2 heterocycles. The summed E-state index contributed by atoms with van der Waals surface area (Å²) in [7, 11) is -3.89. The van der Waals surface area contributed by atoms with E-state index in [0.29, 0.717) is 0 Å². The van der Waals surface area contributed by atoms with Crippen LogP contribution in [0.5, 0.6) is 5.88 Å². The Hall–Kier alpha value is -2.64. The largest absolute Gasteiger partial charge is 0.610 e. The molecule has 0 spiro atoms. The topological polar surface area (TPSA) is 117 Å². The minimum absolute atomic E-state index is 0.105. The molecule has 0 saturated carbocycles. The molecule has 0 aliphatic heterocycles. The zero-order valence-electron chi connectivity index (χ0n) is 17.0. The molecule has 1 N–H and O–H groups in total. The van der Waals surface area contributed by atoms with Gasteiger partial charge in [0.15, 0.2) is 0 Å². The first-order chi connectivity index (χ1) is 15.0. The van der Waals surface area contributed by atoms with Gasteiger partial charge in [-0.15, -0.1) is 0 Å². The van der Waals surface area contributed by atoms with Crippen LogP contribution >= 0.6 is 0 Å². The summed E-state index contributed by atoms with van der Waals surface area (Å²) in [5, 5.41) is 0.105. The molecule has 8 nitrogen and oxygen atoms in total. The lowest BCUT2D eigenvalue weighted by Crippen LogP contribution is -2.27. The maximum atomic E-state index is 13.9. The van der Waals surface area contributed by atoms with Gasteiger partial charge in [-0.2, -0.15) is 13.2 Å². The van der Waals surface area contributed by atoms with E-state index < -0.39 is 45.2 Å². The second-order valence-corrected chi connectivity index (χ2v) is 9.88. The number of pyridine rings is 1. The SMILES string of the molecule is CCCS(=O)(=O)Nc1nc2ccccc2nc1OC(c1ccc([S+](C)[O-])nc1)C(F)(F)F. The van der Waals surface area contributed by atoms with Gasteiger partial charge in [-0.3, -0.25) is 4.72 Å². The van der Waals surface area contributed by atoms with Crippen LogP contribution in [0, 0.1) is 0 Å². The number of ether oxygens (including phenoxy) is 1. The highest BCUT2D eigenvalue weighted by Crippen LogP contribution is 2.38. The second-order valence-electron chi connectivity index (χ2n) is 6.71. The number of anilines is 1. The Kier molecular flexibility index (Phi) is 7.10. The van der Waals surface area contributed by atoms with Crippen molar-refractivity contribution in [3.63, 3.8) is 0 Å². The molecule has 13 heteroatoms. The highest BCUT2D eigenvalue weighted by atomic mass is 32.2. The number of hydrogen-bond donors (Lipinski definition) is 1. The summed E-state index contributed by atoms with van der Waals surface area (Å²) in [4.78, 5) is 12.0. The van der Waals surface area contributed by atoms with Crippen molar-refractivity contribution in [2.75, 3.05) is 16.7 Å². The Morgan fingerprint density at radius 2 is 1.81 bits per heavy atom. The lowest BCUT2D eigenvalue weighted by atomic mass is 10.1. The first-order valence-corrected chi connectivity index (χ1v) is 12.5. The maximum Gasteiger partial charge on any atom is 0.429 e. The molecule has 0 aliphatic carbocycles. The lowest BCUT2D eigenvalue weighted by Gasteiger charge is -2.22. The van der Waals surface area contributed by atoms with Crippen LogP contribution in [0.15, 0.2) is 47.6 Å². The monoisotopic (exact) mass is 488 g/mol. The number of nitrogens with zero attached hydrogens (tertiary/aromatic N) is 3. The summed E-state index contributed by atoms with van der Waals surface area (Å²) in [5.41, 5.74) is 0.120. The number of para-hydroxylation sites is 2. The third-order valence-electron chi connectivity index (χ3n) is 4.15. The fourth-order valence-electron chi connectivity index (χ4n) is 2.75. The van der Waals surface area contributed by atoms with Gasteiger partial charge < -0.3 is 9.29 Å². The van der Waals surface area contributed by atoms with Crippen molar-refractivity contribution in [3.8, 4) is 5.88 Å². The van der Waals surface area contributed by atoms with Gasteiger partial charge in [-0.1, -0.05) is 19.1 Å². The number of benzene rings is 1. The molecule has 3 aromatic rings. The molecular weight excluding hydrogens is 469 g/mol. The Morgan fingerprint density at radius 3 is 2.34 bits per heavy atom. The van der Waals surface area contributed by atoms with Crippen LogP contribution in [0.3, 0.4) is 0 Å². The molecule has 172 valence electrons. The second kappa shape index (κ2) is 9.46. The Balaban J connectivity index is 2.07. The Bertz CT molecular complexity index is 1190. The van der Waals surface area contributed by atoms with Crippen molar-refractivity contribution in [2.24, 2.45) is 0 Å². The number of aromatic nitrogens is 3. The quantitative estimate of drug-likeness (QED) is 0.482. The average Bonchev–Trinajstić information content (AvgIpc) is 2.71. The van der Waals surface area contributed by atoms with Gasteiger partial charge in [-0.25, -0.2) is 23.4 Å². The van der Waals surface area contributed by atoms with E-state index in [0.717, 1.165) is 12.3 Å². The van der Waals surface area contributed by atoms with Crippen LogP contribution < -0.4 is 9.46 Å². The molecule has 0 amide bonds. The molecule has 2 unspecified atom stereocenters. The average molecular weight is 489 g/mol. The summed E-state index contributed by atoms with van der Waals surface area (Å²) in [6, 6.07) is 8.58. The van der Waals surface area contributed by atoms with E-state index in [4.69, 9.17) is 4.74 Å². The van der Waals surface area contributed by atoms with E-state index in [2.05, 4.69) is 19.7 Å². The highest BCUT2D eigenvalue weighted by molar-refractivity contribution is 7.92. The number of hydrogen-bond acceptors (Lipinski definition) is 7. The number of alkyl halides is 3. The zero-order valence-corrected chi connectivity index (χ0v) is 18.6.